The highest BCUT2D eigenvalue weighted by molar-refractivity contribution is 6.11. The van der Waals surface area contributed by atoms with Gasteiger partial charge >= 0.3 is 12.4 Å². The van der Waals surface area contributed by atoms with Gasteiger partial charge in [-0.05, 0) is 109 Å². The molecule has 0 unspecified atom stereocenters. The number of alkyl halides is 6. The first-order chi connectivity index (χ1) is 30.2. The molecule has 2 aromatic heterocycles. The number of aromatic nitrogens is 2. The summed E-state index contributed by atoms with van der Waals surface area (Å²) in [5.41, 5.74) is 6.77. The third kappa shape index (κ3) is 7.17. The van der Waals surface area contributed by atoms with Crippen LogP contribution in [0.25, 0.3) is 84.1 Å². The lowest BCUT2D eigenvalue weighted by atomic mass is 9.92. The molecule has 0 bridgehead atoms. The van der Waals surface area contributed by atoms with Gasteiger partial charge < -0.3 is 9.13 Å². The lowest BCUT2D eigenvalue weighted by molar-refractivity contribution is -0.142. The highest BCUT2D eigenvalue weighted by Gasteiger charge is 2.39. The Balaban J connectivity index is 1.42. The van der Waals surface area contributed by atoms with Crippen molar-refractivity contribution in [2.75, 3.05) is 0 Å². The number of allylic oxidation sites excluding steroid dienone is 1. The van der Waals surface area contributed by atoms with Crippen LogP contribution >= 0.6 is 0 Å². The van der Waals surface area contributed by atoms with Gasteiger partial charge in [0.05, 0.1) is 56.4 Å². The van der Waals surface area contributed by atoms with E-state index in [2.05, 4.69) is 36.9 Å². The zero-order valence-electron chi connectivity index (χ0n) is 34.3. The van der Waals surface area contributed by atoms with Crippen LogP contribution in [0.15, 0.2) is 152 Å². The molecule has 7 aromatic carbocycles. The number of para-hydroxylation sites is 2. The van der Waals surface area contributed by atoms with Crippen LogP contribution in [0, 0.1) is 25.2 Å². The second kappa shape index (κ2) is 15.4. The molecule has 0 atom stereocenters. The Morgan fingerprint density at radius 2 is 1.22 bits per heavy atom. The van der Waals surface area contributed by atoms with Crippen LogP contribution in [0.1, 0.15) is 51.6 Å². The summed E-state index contributed by atoms with van der Waals surface area (Å²) in [6.07, 6.45) is -6.48. The van der Waals surface area contributed by atoms with E-state index in [1.54, 1.807) is 6.08 Å². The van der Waals surface area contributed by atoms with Crippen LogP contribution in [-0.2, 0) is 12.4 Å². The molecule has 0 amide bonds. The zero-order valence-corrected chi connectivity index (χ0v) is 34.3. The third-order valence-electron chi connectivity index (χ3n) is 11.7. The fourth-order valence-corrected chi connectivity index (χ4v) is 8.76. The van der Waals surface area contributed by atoms with Crippen molar-refractivity contribution < 1.29 is 26.3 Å². The summed E-state index contributed by atoms with van der Waals surface area (Å²) < 4.78 is 90.5. The van der Waals surface area contributed by atoms with E-state index in [0.717, 1.165) is 72.2 Å². The van der Waals surface area contributed by atoms with Crippen molar-refractivity contribution in [3.63, 3.8) is 0 Å². The summed E-state index contributed by atoms with van der Waals surface area (Å²) in [5.74, 6) is 0. The van der Waals surface area contributed by atoms with Crippen LogP contribution in [0.4, 0.5) is 26.3 Å². The smallest absolute Gasteiger partial charge is 0.307 e. The first-order valence-electron chi connectivity index (χ1n) is 20.2. The Hall–Kier alpha value is -7.57. The van der Waals surface area contributed by atoms with Gasteiger partial charge in [-0.15, -0.1) is 0 Å². The largest absolute Gasteiger partial charge is 0.417 e. The first-order valence-corrected chi connectivity index (χ1v) is 20.2. The van der Waals surface area contributed by atoms with Gasteiger partial charge in [0, 0.05) is 27.3 Å². The Morgan fingerprint density at radius 1 is 0.587 bits per heavy atom. The average molecular weight is 842 g/mol. The molecular formula is C54H37F6N3. The SMILES string of the molecule is C=Cc1c(/C=C(\C)c2cccc(C)c2)c2ccccc2n1-c1cc(-c2ccc(C(F)(F)F)cc2C(F)(F)F)c(C#N)cc1-n1c2ccccc2c2cc(-c3cccc(C)c3)ccc21. The molecule has 3 nitrogen and oxygen atoms in total. The molecule has 2 heterocycles. The number of fused-ring (bicyclic) bond motifs is 4. The molecule has 0 spiro atoms. The van der Waals surface area contributed by atoms with Crippen molar-refractivity contribution in [2.45, 2.75) is 33.1 Å². The quantitative estimate of drug-likeness (QED) is 0.147. The monoisotopic (exact) mass is 841 g/mol. The second-order valence-electron chi connectivity index (χ2n) is 15.8. The van der Waals surface area contributed by atoms with Gasteiger partial charge in [0.25, 0.3) is 0 Å². The van der Waals surface area contributed by atoms with E-state index in [1.807, 2.05) is 127 Å². The van der Waals surface area contributed by atoms with Crippen molar-refractivity contribution in [1.29, 1.82) is 5.26 Å². The molecule has 0 N–H and O–H groups in total. The standard InChI is InChI=1S/C54H37F6N3/c1-5-47-44(26-34(4)35-14-10-12-32(2)24-35)41-16-6-8-18-48(41)62(47)52-30-43(40-22-21-39(53(55,56)57)29-46(40)54(58,59)60)38(31-61)28-51(52)63-49-19-9-7-17-42(49)45-27-37(20-23-50(45)63)36-15-11-13-33(3)25-36/h5-30H,1H2,2-4H3/b34-26+. The van der Waals surface area contributed by atoms with Gasteiger partial charge in [-0.1, -0.05) is 115 Å². The van der Waals surface area contributed by atoms with Gasteiger partial charge in [0.15, 0.2) is 0 Å². The molecule has 63 heavy (non-hydrogen) atoms. The second-order valence-corrected chi connectivity index (χ2v) is 15.8. The van der Waals surface area contributed by atoms with Crippen LogP contribution in [0.3, 0.4) is 0 Å². The number of halogens is 6. The highest BCUT2D eigenvalue weighted by atomic mass is 19.4. The van der Waals surface area contributed by atoms with Gasteiger partial charge in [-0.2, -0.15) is 31.6 Å². The van der Waals surface area contributed by atoms with Gasteiger partial charge in [0.1, 0.15) is 0 Å². The summed E-state index contributed by atoms with van der Waals surface area (Å²) in [4.78, 5) is 0. The average Bonchev–Trinajstić information content (AvgIpc) is 3.76. The number of aryl methyl sites for hydroxylation is 2. The molecule has 0 radical (unpaired) electrons. The lowest BCUT2D eigenvalue weighted by Gasteiger charge is -2.22. The highest BCUT2D eigenvalue weighted by Crippen LogP contribution is 2.46. The molecule has 0 aliphatic heterocycles. The number of nitrogens with zero attached hydrogens (tertiary/aromatic N) is 3. The van der Waals surface area contributed by atoms with E-state index in [4.69, 9.17) is 0 Å². The molecule has 9 rings (SSSR count). The Labute approximate surface area is 359 Å². The molecule has 310 valence electrons. The fourth-order valence-electron chi connectivity index (χ4n) is 8.76. The maximum absolute atomic E-state index is 14.9. The number of benzene rings is 7. The van der Waals surface area contributed by atoms with Gasteiger partial charge in [0.2, 0.25) is 0 Å². The molecule has 0 saturated carbocycles. The lowest BCUT2D eigenvalue weighted by Crippen LogP contribution is -2.13. The number of hydrogen-bond acceptors (Lipinski definition) is 1. The Morgan fingerprint density at radius 3 is 1.89 bits per heavy atom. The Bertz CT molecular complexity index is 3390. The van der Waals surface area contributed by atoms with E-state index in [0.29, 0.717) is 28.7 Å². The molecule has 0 fully saturated rings. The maximum atomic E-state index is 14.9. The van der Waals surface area contributed by atoms with Crippen LogP contribution < -0.4 is 0 Å². The summed E-state index contributed by atoms with van der Waals surface area (Å²) in [6, 6.07) is 44.5. The summed E-state index contributed by atoms with van der Waals surface area (Å²) in [5, 5.41) is 13.4. The fraction of sp³-hybridized carbons (Fsp3) is 0.0926. The molecule has 0 aliphatic rings. The number of hydrogen-bond donors (Lipinski definition) is 0. The van der Waals surface area contributed by atoms with Crippen LogP contribution in [-0.4, -0.2) is 9.13 Å². The summed E-state index contributed by atoms with van der Waals surface area (Å²) in [6.45, 7) is 10.3. The predicted octanol–water partition coefficient (Wildman–Crippen LogP) is 15.8. The first kappa shape index (κ1) is 40.8. The van der Waals surface area contributed by atoms with Crippen molar-refractivity contribution in [3.05, 3.63) is 197 Å². The van der Waals surface area contributed by atoms with E-state index in [-0.39, 0.29) is 17.2 Å². The predicted molar refractivity (Wildman–Crippen MR) is 243 cm³/mol. The van der Waals surface area contributed by atoms with Gasteiger partial charge in [-0.3, -0.25) is 0 Å². The molecule has 9 heteroatoms. The third-order valence-corrected chi connectivity index (χ3v) is 11.7. The van der Waals surface area contributed by atoms with Crippen molar-refractivity contribution in [3.8, 4) is 39.7 Å². The van der Waals surface area contributed by atoms with E-state index in [9.17, 15) is 31.6 Å². The molecule has 0 saturated heterocycles. The summed E-state index contributed by atoms with van der Waals surface area (Å²) >= 11 is 0. The van der Waals surface area contributed by atoms with Crippen molar-refractivity contribution in [1.82, 2.24) is 9.13 Å². The Kier molecular flexibility index (Phi) is 9.98. The normalized spacial score (nSPS) is 12.3. The molecular weight excluding hydrogens is 805 g/mol. The van der Waals surface area contributed by atoms with Crippen LogP contribution in [0.2, 0.25) is 0 Å². The maximum Gasteiger partial charge on any atom is 0.417 e. The number of nitriles is 1. The minimum Gasteiger partial charge on any atom is -0.307 e. The minimum absolute atomic E-state index is 0.111. The molecule has 0 aliphatic carbocycles. The van der Waals surface area contributed by atoms with Gasteiger partial charge in [-0.25, -0.2) is 0 Å². The van der Waals surface area contributed by atoms with E-state index < -0.39 is 29.0 Å². The topological polar surface area (TPSA) is 33.6 Å². The van der Waals surface area contributed by atoms with E-state index >= 15 is 0 Å². The van der Waals surface area contributed by atoms with Crippen molar-refractivity contribution in [2.24, 2.45) is 0 Å². The van der Waals surface area contributed by atoms with Crippen molar-refractivity contribution >= 4 is 50.4 Å². The van der Waals surface area contributed by atoms with Crippen LogP contribution in [0.5, 0.6) is 0 Å². The zero-order chi connectivity index (χ0) is 44.4. The number of rotatable bonds is 7. The van der Waals surface area contributed by atoms with E-state index in [1.165, 1.54) is 12.1 Å². The summed E-state index contributed by atoms with van der Waals surface area (Å²) in [7, 11) is 0. The minimum atomic E-state index is -5.19. The molecule has 9 aromatic rings.